The Kier molecular flexibility index (Phi) is 4.67. The van der Waals surface area contributed by atoms with E-state index in [0.717, 1.165) is 17.7 Å². The molecule has 2 amide bonds. The third-order valence-electron chi connectivity index (χ3n) is 3.57. The number of nitrogens with zero attached hydrogens (tertiary/aromatic N) is 1. The Morgan fingerprint density at radius 1 is 1.04 bits per heavy atom. The molecule has 2 heterocycles. The number of carbonyl (C=O) groups is 2. The zero-order valence-corrected chi connectivity index (χ0v) is 13.6. The molecule has 1 aliphatic rings. The molecule has 3 rings (SSSR count). The predicted molar refractivity (Wildman–Crippen MR) is 90.4 cm³/mol. The van der Waals surface area contributed by atoms with Crippen LogP contribution in [0.1, 0.15) is 24.7 Å². The van der Waals surface area contributed by atoms with Gasteiger partial charge in [-0.15, -0.1) is 11.8 Å². The minimum absolute atomic E-state index is 0.202. The van der Waals surface area contributed by atoms with Gasteiger partial charge in [0.2, 0.25) is 0 Å². The zero-order valence-electron chi connectivity index (χ0n) is 12.8. The van der Waals surface area contributed by atoms with Crippen LogP contribution < -0.4 is 0 Å². The van der Waals surface area contributed by atoms with Gasteiger partial charge in [-0.05, 0) is 24.1 Å². The number of furan rings is 1. The molecule has 0 radical (unpaired) electrons. The summed E-state index contributed by atoms with van der Waals surface area (Å²) in [5.74, 6) is 0.902. The summed E-state index contributed by atoms with van der Waals surface area (Å²) in [6, 6.07) is 13.0. The Hall–Kier alpha value is -2.27. The average Bonchev–Trinajstić information content (AvgIpc) is 3.16. The molecule has 0 aliphatic carbocycles. The summed E-state index contributed by atoms with van der Waals surface area (Å²) in [5, 5.41) is 0. The van der Waals surface area contributed by atoms with Gasteiger partial charge in [0.1, 0.15) is 5.76 Å². The summed E-state index contributed by atoms with van der Waals surface area (Å²) < 4.78 is 5.32. The minimum Gasteiger partial charge on any atom is -0.468 e. The zero-order chi connectivity index (χ0) is 16.2. The van der Waals surface area contributed by atoms with Crippen LogP contribution in [0.5, 0.6) is 0 Å². The molecule has 118 valence electrons. The molecule has 1 aromatic heterocycles. The number of rotatable bonds is 6. The molecule has 0 saturated carbocycles. The Balaban J connectivity index is 1.95. The van der Waals surface area contributed by atoms with Crippen molar-refractivity contribution in [3.8, 4) is 0 Å². The lowest BCUT2D eigenvalue weighted by molar-refractivity contribution is -0.136. The van der Waals surface area contributed by atoms with E-state index in [1.807, 2.05) is 49.4 Å². The second kappa shape index (κ2) is 6.87. The number of benzene rings is 1. The van der Waals surface area contributed by atoms with Crippen LogP contribution in [0.2, 0.25) is 0 Å². The molecule has 4 nitrogen and oxygen atoms in total. The lowest BCUT2D eigenvalue weighted by Gasteiger charge is -2.13. The summed E-state index contributed by atoms with van der Waals surface area (Å²) >= 11 is 1.36. The second-order valence-electron chi connectivity index (χ2n) is 5.20. The van der Waals surface area contributed by atoms with Crippen LogP contribution in [0.15, 0.2) is 58.1 Å². The molecule has 0 spiro atoms. The van der Waals surface area contributed by atoms with Gasteiger partial charge in [0, 0.05) is 6.54 Å². The smallest absolute Gasteiger partial charge is 0.267 e. The van der Waals surface area contributed by atoms with Gasteiger partial charge in [-0.1, -0.05) is 37.3 Å². The van der Waals surface area contributed by atoms with Crippen LogP contribution in [0.4, 0.5) is 0 Å². The van der Waals surface area contributed by atoms with E-state index in [0.29, 0.717) is 22.8 Å². The van der Waals surface area contributed by atoms with Crippen molar-refractivity contribution in [2.24, 2.45) is 0 Å². The van der Waals surface area contributed by atoms with Crippen molar-refractivity contribution < 1.29 is 14.0 Å². The lowest BCUT2D eigenvalue weighted by Crippen LogP contribution is -2.32. The molecule has 0 atom stereocenters. The largest absolute Gasteiger partial charge is 0.468 e. The van der Waals surface area contributed by atoms with Crippen LogP contribution in [-0.4, -0.2) is 23.3 Å². The van der Waals surface area contributed by atoms with Crippen molar-refractivity contribution in [1.82, 2.24) is 4.90 Å². The number of amides is 2. The maximum atomic E-state index is 12.7. The van der Waals surface area contributed by atoms with E-state index in [-0.39, 0.29) is 11.8 Å². The van der Waals surface area contributed by atoms with Gasteiger partial charge < -0.3 is 4.42 Å². The molecule has 23 heavy (non-hydrogen) atoms. The number of imide groups is 1. The van der Waals surface area contributed by atoms with Crippen LogP contribution in [-0.2, 0) is 15.3 Å². The second-order valence-corrected chi connectivity index (χ2v) is 6.19. The highest BCUT2D eigenvalue weighted by Crippen LogP contribution is 2.37. The highest BCUT2D eigenvalue weighted by Gasteiger charge is 2.38. The number of hydrogen-bond acceptors (Lipinski definition) is 4. The molecule has 2 aromatic rings. The third kappa shape index (κ3) is 3.10. The fraction of sp³-hybridized carbons (Fsp3) is 0.222. The Labute approximate surface area is 139 Å². The number of hydrogen-bond donors (Lipinski definition) is 0. The van der Waals surface area contributed by atoms with Crippen LogP contribution in [0, 0.1) is 0 Å². The fourth-order valence-electron chi connectivity index (χ4n) is 2.51. The van der Waals surface area contributed by atoms with Crippen molar-refractivity contribution in [2.75, 3.05) is 6.54 Å². The third-order valence-corrected chi connectivity index (χ3v) is 4.67. The summed E-state index contributed by atoms with van der Waals surface area (Å²) in [5.41, 5.74) is 1.28. The molecule has 1 aliphatic heterocycles. The molecule has 0 bridgehead atoms. The van der Waals surface area contributed by atoms with E-state index < -0.39 is 0 Å². The van der Waals surface area contributed by atoms with E-state index in [4.69, 9.17) is 4.42 Å². The van der Waals surface area contributed by atoms with E-state index in [2.05, 4.69) is 0 Å². The molecular weight excluding hydrogens is 310 g/mol. The van der Waals surface area contributed by atoms with Crippen LogP contribution >= 0.6 is 11.8 Å². The van der Waals surface area contributed by atoms with E-state index in [1.54, 1.807) is 6.26 Å². The molecule has 1 aromatic carbocycles. The van der Waals surface area contributed by atoms with Gasteiger partial charge in [0.25, 0.3) is 11.8 Å². The van der Waals surface area contributed by atoms with Gasteiger partial charge in [-0.25, -0.2) is 0 Å². The van der Waals surface area contributed by atoms with Crippen molar-refractivity contribution in [3.05, 3.63) is 65.0 Å². The van der Waals surface area contributed by atoms with Gasteiger partial charge in [0.15, 0.2) is 0 Å². The number of thioether (sulfide) groups is 1. The molecule has 0 fully saturated rings. The molecule has 0 saturated heterocycles. The van der Waals surface area contributed by atoms with Gasteiger partial charge in [-0.2, -0.15) is 0 Å². The maximum Gasteiger partial charge on any atom is 0.267 e. The summed E-state index contributed by atoms with van der Waals surface area (Å²) in [7, 11) is 0. The van der Waals surface area contributed by atoms with Crippen molar-refractivity contribution >= 4 is 29.1 Å². The quantitative estimate of drug-likeness (QED) is 0.759. The summed E-state index contributed by atoms with van der Waals surface area (Å²) in [4.78, 5) is 27.2. The SMILES string of the molecule is CCCN1C(=O)C(SCc2ccco2)=C(c2ccccc2)C1=O. The first kappa shape index (κ1) is 15.6. The van der Waals surface area contributed by atoms with Crippen LogP contribution in [0.3, 0.4) is 0 Å². The molecule has 0 N–H and O–H groups in total. The maximum absolute atomic E-state index is 12.7. The monoisotopic (exact) mass is 327 g/mol. The normalized spacial score (nSPS) is 14.9. The first-order valence-corrected chi connectivity index (χ1v) is 8.52. The summed E-state index contributed by atoms with van der Waals surface area (Å²) in [6.45, 7) is 2.40. The van der Waals surface area contributed by atoms with Gasteiger partial charge in [0.05, 0.1) is 22.5 Å². The minimum atomic E-state index is -0.204. The lowest BCUT2D eigenvalue weighted by atomic mass is 10.1. The predicted octanol–water partition coefficient (Wildman–Crippen LogP) is 3.70. The van der Waals surface area contributed by atoms with Crippen molar-refractivity contribution in [3.63, 3.8) is 0 Å². The first-order chi connectivity index (χ1) is 11.2. The Morgan fingerprint density at radius 3 is 2.48 bits per heavy atom. The van der Waals surface area contributed by atoms with Gasteiger partial charge in [-0.3, -0.25) is 14.5 Å². The van der Waals surface area contributed by atoms with E-state index in [1.165, 1.54) is 16.7 Å². The topological polar surface area (TPSA) is 50.5 Å². The highest BCUT2D eigenvalue weighted by molar-refractivity contribution is 8.03. The van der Waals surface area contributed by atoms with Crippen molar-refractivity contribution in [1.29, 1.82) is 0 Å². The molecule has 5 heteroatoms. The molecule has 0 unspecified atom stereocenters. The standard InChI is InChI=1S/C18H17NO3S/c1-2-10-19-17(20)15(13-7-4-3-5-8-13)16(18(19)21)23-12-14-9-6-11-22-14/h3-9,11H,2,10,12H2,1H3. The Morgan fingerprint density at radius 2 is 1.83 bits per heavy atom. The first-order valence-electron chi connectivity index (χ1n) is 7.53. The summed E-state index contributed by atoms with van der Waals surface area (Å²) in [6.07, 6.45) is 2.35. The van der Waals surface area contributed by atoms with E-state index >= 15 is 0 Å². The van der Waals surface area contributed by atoms with Gasteiger partial charge >= 0.3 is 0 Å². The molecular formula is C18H17NO3S. The van der Waals surface area contributed by atoms with E-state index in [9.17, 15) is 9.59 Å². The Bertz CT molecular complexity index is 735. The number of carbonyl (C=O) groups excluding carboxylic acids is 2. The van der Waals surface area contributed by atoms with Crippen LogP contribution in [0.25, 0.3) is 5.57 Å². The highest BCUT2D eigenvalue weighted by atomic mass is 32.2. The average molecular weight is 327 g/mol. The fourth-order valence-corrected chi connectivity index (χ4v) is 3.55. The van der Waals surface area contributed by atoms with Crippen molar-refractivity contribution in [2.45, 2.75) is 19.1 Å².